The van der Waals surface area contributed by atoms with Gasteiger partial charge in [0.2, 0.25) is 14.2 Å². The van der Waals surface area contributed by atoms with Gasteiger partial charge in [0.05, 0.1) is 33.0 Å². The van der Waals surface area contributed by atoms with Crippen molar-refractivity contribution in [2.75, 3.05) is 27.4 Å². The van der Waals surface area contributed by atoms with Gasteiger partial charge in [0, 0.05) is 11.8 Å². The molecular formula is C55H67NO7Si. The van der Waals surface area contributed by atoms with Crippen LogP contribution in [0.25, 0.3) is 0 Å². The number of methoxy groups -OCH3 is 2. The van der Waals surface area contributed by atoms with Crippen LogP contribution >= 0.6 is 0 Å². The van der Waals surface area contributed by atoms with Crippen molar-refractivity contribution in [1.82, 2.24) is 4.90 Å². The fourth-order valence-electron chi connectivity index (χ4n) is 10.2. The van der Waals surface area contributed by atoms with E-state index in [2.05, 4.69) is 90.6 Å². The van der Waals surface area contributed by atoms with Gasteiger partial charge in [-0.2, -0.15) is 0 Å². The van der Waals surface area contributed by atoms with Gasteiger partial charge < -0.3 is 23.4 Å². The lowest BCUT2D eigenvalue weighted by atomic mass is 9.79. The predicted octanol–water partition coefficient (Wildman–Crippen LogP) is 12.7. The molecule has 0 spiro atoms. The minimum absolute atomic E-state index is 0.128. The standard InChI is InChI=1S/C55H67NO7Si/c1-10-23-44(53(57)56-49(38-61-54(56)58)34-42-24-15-11-16-25-42)35-45(52(43-32-33-50(59-8)51(36-43)60-9)63-64(39(2)3,40(4)5)41(6)7)37-62-55(46-26-17-12-18-27-46,47-28-19-13-20-29-47)48-30-21-14-22-31-48/h10-22,24-33,36,39-41,44-45,49,52H,1,23,34-35,37-38H2,2-9H3/t44-,45+,49-,52-/m1/s1. The van der Waals surface area contributed by atoms with Crippen molar-refractivity contribution < 1.29 is 33.0 Å². The van der Waals surface area contributed by atoms with E-state index in [1.165, 1.54) is 4.90 Å². The minimum Gasteiger partial charge on any atom is -0.493 e. The highest BCUT2D eigenvalue weighted by molar-refractivity contribution is 6.77. The Hall–Kier alpha value is -5.48. The summed E-state index contributed by atoms with van der Waals surface area (Å²) in [7, 11) is 0.614. The van der Waals surface area contributed by atoms with Crippen LogP contribution in [0.2, 0.25) is 16.6 Å². The van der Waals surface area contributed by atoms with E-state index in [-0.39, 0.29) is 35.7 Å². The molecule has 5 aromatic rings. The van der Waals surface area contributed by atoms with Crippen LogP contribution in [0.3, 0.4) is 0 Å². The van der Waals surface area contributed by atoms with E-state index in [9.17, 15) is 4.79 Å². The van der Waals surface area contributed by atoms with Crippen LogP contribution in [0, 0.1) is 11.8 Å². The lowest BCUT2D eigenvalue weighted by molar-refractivity contribution is -0.134. The molecular weight excluding hydrogens is 815 g/mol. The molecule has 0 bridgehead atoms. The zero-order valence-electron chi connectivity index (χ0n) is 38.9. The highest BCUT2D eigenvalue weighted by Crippen LogP contribution is 2.50. The summed E-state index contributed by atoms with van der Waals surface area (Å²) in [6, 6.07) is 46.4. The fourth-order valence-corrected chi connectivity index (χ4v) is 15.8. The molecule has 0 N–H and O–H groups in total. The van der Waals surface area contributed by atoms with Crippen molar-refractivity contribution >= 4 is 20.3 Å². The van der Waals surface area contributed by atoms with Gasteiger partial charge in [0.15, 0.2) is 11.5 Å². The Bertz CT molecular complexity index is 2130. The van der Waals surface area contributed by atoms with E-state index in [1.807, 2.05) is 97.1 Å². The fraction of sp³-hybridized carbons (Fsp3) is 0.382. The third-order valence-electron chi connectivity index (χ3n) is 13.2. The SMILES string of the molecule is C=CC[C@H](C[C@@H](COC(c1ccccc1)(c1ccccc1)c1ccccc1)[C@H](O[Si](C(C)C)(C(C)C)C(C)C)c1ccc(OC)c(OC)c1)C(=O)N1C(=O)OC[C@H]1Cc1ccccc1. The third-order valence-corrected chi connectivity index (χ3v) is 19.2. The second-order valence-electron chi connectivity index (χ2n) is 17.9. The molecule has 1 heterocycles. The Kier molecular flexibility index (Phi) is 16.4. The lowest BCUT2D eigenvalue weighted by Gasteiger charge is -2.47. The largest absolute Gasteiger partial charge is 0.493 e. The van der Waals surface area contributed by atoms with Crippen molar-refractivity contribution in [3.8, 4) is 11.5 Å². The first-order valence-electron chi connectivity index (χ1n) is 22.8. The van der Waals surface area contributed by atoms with E-state index in [1.54, 1.807) is 20.3 Å². The van der Waals surface area contributed by atoms with Gasteiger partial charge in [-0.3, -0.25) is 4.79 Å². The van der Waals surface area contributed by atoms with Crippen LogP contribution in [-0.2, 0) is 30.7 Å². The molecule has 5 aromatic carbocycles. The van der Waals surface area contributed by atoms with Gasteiger partial charge in [-0.25, -0.2) is 9.69 Å². The van der Waals surface area contributed by atoms with E-state index < -0.39 is 44.0 Å². The zero-order valence-corrected chi connectivity index (χ0v) is 39.9. The first-order valence-corrected chi connectivity index (χ1v) is 24.9. The van der Waals surface area contributed by atoms with Crippen LogP contribution in [-0.4, -0.2) is 58.7 Å². The molecule has 0 aliphatic carbocycles. The average molecular weight is 882 g/mol. The zero-order chi connectivity index (χ0) is 45.9. The van der Waals surface area contributed by atoms with Gasteiger partial charge in [0.25, 0.3) is 0 Å². The number of nitrogens with zero attached hydrogens (tertiary/aromatic N) is 1. The summed E-state index contributed by atoms with van der Waals surface area (Å²) in [4.78, 5) is 30.1. The monoisotopic (exact) mass is 881 g/mol. The summed E-state index contributed by atoms with van der Waals surface area (Å²) in [5, 5.41) is 0. The van der Waals surface area contributed by atoms with Gasteiger partial charge in [-0.15, -0.1) is 6.58 Å². The Morgan fingerprint density at radius 1 is 0.750 bits per heavy atom. The number of hydrogen-bond acceptors (Lipinski definition) is 7. The molecule has 6 rings (SSSR count). The second kappa shape index (κ2) is 21.9. The van der Waals surface area contributed by atoms with Crippen molar-refractivity contribution in [3.63, 3.8) is 0 Å². The number of carbonyl (C=O) groups is 2. The van der Waals surface area contributed by atoms with Gasteiger partial charge in [-0.05, 0) is 75.8 Å². The maximum absolute atomic E-state index is 15.2. The molecule has 1 fully saturated rings. The molecule has 0 saturated carbocycles. The number of rotatable bonds is 22. The molecule has 9 heteroatoms. The summed E-state index contributed by atoms with van der Waals surface area (Å²) in [6.45, 7) is 18.1. The van der Waals surface area contributed by atoms with Crippen LogP contribution in [0.4, 0.5) is 4.79 Å². The van der Waals surface area contributed by atoms with Gasteiger partial charge >= 0.3 is 6.09 Å². The highest BCUT2D eigenvalue weighted by atomic mass is 28.4. The van der Waals surface area contributed by atoms with Gasteiger partial charge in [0.1, 0.15) is 12.2 Å². The quantitative estimate of drug-likeness (QED) is 0.0389. The summed E-state index contributed by atoms with van der Waals surface area (Å²) in [6.07, 6.45) is 1.73. The van der Waals surface area contributed by atoms with Crippen LogP contribution in [0.5, 0.6) is 11.5 Å². The summed E-state index contributed by atoms with van der Waals surface area (Å²) >= 11 is 0. The number of imide groups is 1. The van der Waals surface area contributed by atoms with E-state index >= 15 is 4.79 Å². The van der Waals surface area contributed by atoms with Crippen molar-refractivity contribution in [2.45, 2.75) is 95.2 Å². The number of amides is 2. The maximum Gasteiger partial charge on any atom is 0.416 e. The normalized spacial score (nSPS) is 15.8. The average Bonchev–Trinajstić information content (AvgIpc) is 3.68. The predicted molar refractivity (Wildman–Crippen MR) is 258 cm³/mol. The summed E-state index contributed by atoms with van der Waals surface area (Å²) < 4.78 is 33.0. The van der Waals surface area contributed by atoms with Crippen molar-refractivity contribution in [2.24, 2.45) is 11.8 Å². The molecule has 0 radical (unpaired) electrons. The Labute approximate surface area is 382 Å². The number of benzene rings is 5. The van der Waals surface area contributed by atoms with Crippen LogP contribution < -0.4 is 9.47 Å². The van der Waals surface area contributed by atoms with Crippen molar-refractivity contribution in [1.29, 1.82) is 0 Å². The Morgan fingerprint density at radius 2 is 1.25 bits per heavy atom. The van der Waals surface area contributed by atoms with Crippen LogP contribution in [0.1, 0.15) is 88.3 Å². The highest BCUT2D eigenvalue weighted by Gasteiger charge is 2.50. The van der Waals surface area contributed by atoms with E-state index in [0.717, 1.165) is 27.8 Å². The first kappa shape index (κ1) is 48.0. The number of allylic oxidation sites excluding steroid dienone is 1. The molecule has 1 saturated heterocycles. The van der Waals surface area contributed by atoms with E-state index in [4.69, 9.17) is 23.4 Å². The Balaban J connectivity index is 1.56. The number of ether oxygens (including phenoxy) is 4. The van der Waals surface area contributed by atoms with Gasteiger partial charge in [-0.1, -0.05) is 175 Å². The maximum atomic E-state index is 15.2. The molecule has 8 nitrogen and oxygen atoms in total. The molecule has 0 aromatic heterocycles. The first-order chi connectivity index (χ1) is 30.9. The molecule has 338 valence electrons. The summed E-state index contributed by atoms with van der Waals surface area (Å²) in [5.41, 5.74) is 4.50. The minimum atomic E-state index is -2.66. The Morgan fingerprint density at radius 3 is 1.72 bits per heavy atom. The number of cyclic esters (lactones) is 1. The number of hydrogen-bond donors (Lipinski definition) is 0. The molecule has 64 heavy (non-hydrogen) atoms. The van der Waals surface area contributed by atoms with Crippen LogP contribution in [0.15, 0.2) is 152 Å². The molecule has 4 atom stereocenters. The lowest BCUT2D eigenvalue weighted by Crippen LogP contribution is -2.50. The summed E-state index contributed by atoms with van der Waals surface area (Å²) in [5.74, 6) is -0.203. The molecule has 1 aliphatic heterocycles. The van der Waals surface area contributed by atoms with Crippen molar-refractivity contribution in [3.05, 3.63) is 180 Å². The van der Waals surface area contributed by atoms with E-state index in [0.29, 0.717) is 30.8 Å². The smallest absolute Gasteiger partial charge is 0.416 e. The third kappa shape index (κ3) is 10.2. The molecule has 0 unspecified atom stereocenters. The molecule has 2 amide bonds. The topological polar surface area (TPSA) is 83.5 Å². The molecule has 1 aliphatic rings. The number of carbonyl (C=O) groups excluding carboxylic acids is 2. The second-order valence-corrected chi connectivity index (χ2v) is 23.3.